The van der Waals surface area contributed by atoms with Crippen molar-refractivity contribution < 1.29 is 16.8 Å². The monoisotopic (exact) mass is 578 g/mol. The van der Waals surface area contributed by atoms with Gasteiger partial charge in [0.2, 0.25) is 0 Å². The molecule has 0 amide bonds. The fourth-order valence-corrected chi connectivity index (χ4v) is 8.28. The van der Waals surface area contributed by atoms with Gasteiger partial charge in [-0.25, -0.2) is 16.8 Å². The Morgan fingerprint density at radius 3 is 1.38 bits per heavy atom. The smallest absolute Gasteiger partial charge is 0.277 e. The van der Waals surface area contributed by atoms with E-state index in [1.807, 2.05) is 67.5 Å². The van der Waals surface area contributed by atoms with Crippen LogP contribution in [0.15, 0.2) is 95.0 Å². The van der Waals surface area contributed by atoms with Gasteiger partial charge in [0.1, 0.15) is 0 Å². The van der Waals surface area contributed by atoms with Crippen LogP contribution in [0.3, 0.4) is 0 Å². The molecule has 40 heavy (non-hydrogen) atoms. The van der Waals surface area contributed by atoms with Crippen LogP contribution in [0.25, 0.3) is 5.69 Å². The van der Waals surface area contributed by atoms with Crippen molar-refractivity contribution >= 4 is 25.7 Å². The van der Waals surface area contributed by atoms with E-state index in [0.29, 0.717) is 9.40 Å². The zero-order chi connectivity index (χ0) is 29.7. The summed E-state index contributed by atoms with van der Waals surface area (Å²) in [6.07, 6.45) is 3.55. The highest BCUT2D eigenvalue weighted by Gasteiger charge is 2.39. The molecule has 1 heterocycles. The molecule has 6 nitrogen and oxygen atoms in total. The SMILES string of the molecule is Cc1ccc(N(S(=O)(=O)c2ccc(C(C)(C)C)cc2)S(=O)(=O)c2ccc(C(C)(C)C)cc2)c(-n2cccc2)c1C. The Bertz CT molecular complexity index is 1640. The highest BCUT2D eigenvalue weighted by atomic mass is 32.3. The fourth-order valence-electron chi connectivity index (χ4n) is 4.58. The van der Waals surface area contributed by atoms with Gasteiger partial charge in [0.05, 0.1) is 21.2 Å². The third-order valence-corrected chi connectivity index (χ3v) is 11.4. The molecule has 0 radical (unpaired) electrons. The normalized spacial score (nSPS) is 12.9. The molecule has 0 fully saturated rings. The predicted molar refractivity (Wildman–Crippen MR) is 162 cm³/mol. The maximum atomic E-state index is 14.4. The van der Waals surface area contributed by atoms with Gasteiger partial charge >= 0.3 is 0 Å². The number of nitrogens with zero attached hydrogens (tertiary/aromatic N) is 2. The first-order valence-corrected chi connectivity index (χ1v) is 16.1. The minimum absolute atomic E-state index is 0.0547. The molecule has 0 bridgehead atoms. The first-order valence-electron chi connectivity index (χ1n) is 13.2. The highest BCUT2D eigenvalue weighted by Crippen LogP contribution is 2.38. The minimum atomic E-state index is -4.57. The second-order valence-corrected chi connectivity index (χ2v) is 16.0. The Labute approximate surface area is 239 Å². The van der Waals surface area contributed by atoms with Gasteiger partial charge in [-0.05, 0) is 89.4 Å². The molecule has 0 aliphatic carbocycles. The molecule has 212 valence electrons. The number of aromatic nitrogens is 1. The number of hydrogen-bond acceptors (Lipinski definition) is 4. The van der Waals surface area contributed by atoms with Crippen LogP contribution >= 0.6 is 0 Å². The van der Waals surface area contributed by atoms with Gasteiger partial charge in [0.25, 0.3) is 20.0 Å². The van der Waals surface area contributed by atoms with E-state index in [4.69, 9.17) is 0 Å². The van der Waals surface area contributed by atoms with Crippen molar-refractivity contribution in [3.05, 3.63) is 107 Å². The zero-order valence-corrected chi connectivity index (χ0v) is 26.1. The Morgan fingerprint density at radius 1 is 0.600 bits per heavy atom. The minimum Gasteiger partial charge on any atom is -0.322 e. The van der Waals surface area contributed by atoms with Crippen LogP contribution in [0, 0.1) is 13.8 Å². The van der Waals surface area contributed by atoms with Gasteiger partial charge in [-0.15, -0.1) is 0 Å². The maximum absolute atomic E-state index is 14.4. The van der Waals surface area contributed by atoms with Crippen LogP contribution in [-0.2, 0) is 30.9 Å². The molecule has 1 aromatic heterocycles. The molecular formula is C32H38N2O4S2. The summed E-state index contributed by atoms with van der Waals surface area (Å²) in [5, 5.41) is 0. The first kappa shape index (κ1) is 29.6. The van der Waals surface area contributed by atoms with Crippen molar-refractivity contribution in [2.45, 2.75) is 76.0 Å². The van der Waals surface area contributed by atoms with E-state index in [9.17, 15) is 16.8 Å². The molecule has 0 saturated heterocycles. The van der Waals surface area contributed by atoms with Gasteiger partial charge in [-0.1, -0.05) is 71.9 Å². The second-order valence-electron chi connectivity index (χ2n) is 12.2. The van der Waals surface area contributed by atoms with Crippen LogP contribution in [0.2, 0.25) is 0 Å². The maximum Gasteiger partial charge on any atom is 0.277 e. The average Bonchev–Trinajstić information content (AvgIpc) is 3.40. The van der Waals surface area contributed by atoms with E-state index in [-0.39, 0.29) is 26.3 Å². The molecule has 4 aromatic rings. The lowest BCUT2D eigenvalue weighted by Gasteiger charge is -2.28. The predicted octanol–water partition coefficient (Wildman–Crippen LogP) is 7.27. The van der Waals surface area contributed by atoms with E-state index in [1.165, 1.54) is 24.3 Å². The largest absolute Gasteiger partial charge is 0.322 e. The second kappa shape index (κ2) is 10.2. The summed E-state index contributed by atoms with van der Waals surface area (Å²) in [5.74, 6) is 0. The topological polar surface area (TPSA) is 76.5 Å². The van der Waals surface area contributed by atoms with Gasteiger partial charge in [0.15, 0.2) is 0 Å². The number of sulfonamides is 2. The Balaban J connectivity index is 2.02. The highest BCUT2D eigenvalue weighted by molar-refractivity contribution is 8.10. The number of hydrogen-bond donors (Lipinski definition) is 0. The molecule has 0 aliphatic rings. The number of anilines is 1. The molecule has 8 heteroatoms. The van der Waals surface area contributed by atoms with Crippen LogP contribution < -0.4 is 3.71 Å². The Kier molecular flexibility index (Phi) is 7.58. The number of benzene rings is 3. The molecule has 0 aliphatic heterocycles. The molecule has 0 saturated carbocycles. The van der Waals surface area contributed by atoms with Crippen molar-refractivity contribution in [2.75, 3.05) is 3.71 Å². The van der Waals surface area contributed by atoms with Gasteiger partial charge in [0, 0.05) is 12.4 Å². The molecule has 0 unspecified atom stereocenters. The van der Waals surface area contributed by atoms with E-state index >= 15 is 0 Å². The molecule has 0 N–H and O–H groups in total. The average molecular weight is 579 g/mol. The summed E-state index contributed by atoms with van der Waals surface area (Å²) in [6, 6.07) is 19.8. The third-order valence-electron chi connectivity index (χ3n) is 7.21. The van der Waals surface area contributed by atoms with Gasteiger partial charge < -0.3 is 4.57 Å². The van der Waals surface area contributed by atoms with Gasteiger partial charge in [-0.2, -0.15) is 3.71 Å². The summed E-state index contributed by atoms with van der Waals surface area (Å²) >= 11 is 0. The van der Waals surface area contributed by atoms with Crippen LogP contribution in [-0.4, -0.2) is 21.4 Å². The van der Waals surface area contributed by atoms with E-state index in [1.54, 1.807) is 53.4 Å². The van der Waals surface area contributed by atoms with Crippen LogP contribution in [0.4, 0.5) is 5.69 Å². The molecule has 3 aromatic carbocycles. The van der Waals surface area contributed by atoms with E-state index in [2.05, 4.69) is 0 Å². The zero-order valence-electron chi connectivity index (χ0n) is 24.4. The summed E-state index contributed by atoms with van der Waals surface area (Å²) in [4.78, 5) is -0.209. The number of aryl methyl sites for hydroxylation is 1. The third kappa shape index (κ3) is 5.47. The summed E-state index contributed by atoms with van der Waals surface area (Å²) in [7, 11) is -9.14. The standard InChI is InChI=1S/C32H38N2O4S2/c1-23-11-20-29(30(24(23)2)33-21-9-10-22-33)34(39(35,36)27-16-12-25(13-17-27)31(3,4)5)40(37,38)28-18-14-26(15-19-28)32(6,7)8/h9-22H,1-8H3. The quantitative estimate of drug-likeness (QED) is 0.241. The van der Waals surface area contributed by atoms with Crippen molar-refractivity contribution in [3.8, 4) is 5.69 Å². The van der Waals surface area contributed by atoms with Crippen molar-refractivity contribution in [1.82, 2.24) is 4.57 Å². The lowest BCUT2D eigenvalue weighted by atomic mass is 9.87. The van der Waals surface area contributed by atoms with Gasteiger partial charge in [-0.3, -0.25) is 0 Å². The molecular weight excluding hydrogens is 540 g/mol. The lowest BCUT2D eigenvalue weighted by molar-refractivity contribution is 0.579. The molecule has 0 atom stereocenters. The number of rotatable bonds is 6. The van der Waals surface area contributed by atoms with Crippen molar-refractivity contribution in [2.24, 2.45) is 0 Å². The van der Waals surface area contributed by atoms with Crippen molar-refractivity contribution in [3.63, 3.8) is 0 Å². The molecule has 0 spiro atoms. The summed E-state index contributed by atoms with van der Waals surface area (Å²) in [5.41, 5.74) is 3.71. The Hall–Kier alpha value is -3.36. The first-order chi connectivity index (χ1) is 18.5. The van der Waals surface area contributed by atoms with Crippen molar-refractivity contribution in [1.29, 1.82) is 0 Å². The van der Waals surface area contributed by atoms with Crippen LogP contribution in [0.5, 0.6) is 0 Å². The summed E-state index contributed by atoms with van der Waals surface area (Å²) in [6.45, 7) is 16.0. The summed E-state index contributed by atoms with van der Waals surface area (Å²) < 4.78 is 59.9. The van der Waals surface area contributed by atoms with E-state index < -0.39 is 20.0 Å². The van der Waals surface area contributed by atoms with E-state index in [0.717, 1.165) is 22.3 Å². The van der Waals surface area contributed by atoms with Crippen LogP contribution in [0.1, 0.15) is 63.8 Å². The fraction of sp³-hybridized carbons (Fsp3) is 0.312. The lowest BCUT2D eigenvalue weighted by Crippen LogP contribution is -2.38. The Morgan fingerprint density at radius 2 is 1.00 bits per heavy atom. The molecule has 4 rings (SSSR count).